The average molecular weight is 414 g/mol. The Morgan fingerprint density at radius 2 is 1.42 bits per heavy atom. The van der Waals surface area contributed by atoms with E-state index >= 15 is 0 Å². The molecule has 0 saturated carbocycles. The molecule has 0 radical (unpaired) electrons. The molecule has 0 fully saturated rings. The highest BCUT2D eigenvalue weighted by Crippen LogP contribution is 2.16. The molecule has 0 bridgehead atoms. The lowest BCUT2D eigenvalue weighted by atomic mass is 10.1. The maximum absolute atomic E-state index is 11.7. The molecule has 0 aromatic heterocycles. The standard InChI is InChI=1S/C11H20ClNO2S.C4H10.2C2H6.CH2O/c1-5-7-13-16(14,15)10(4)8-11(12)9(3)6-2;1-3-4-2;3*1-2/h6,8-9,11,13H,2,5,7H2,1,3-4H3;3-4H2,1-2H3;2*1-2H3;1H2/b10-8+;;;;. The number of allylic oxidation sites excluding steroid dienone is 3. The molecule has 0 amide bonds. The molecule has 0 aliphatic heterocycles. The zero-order valence-electron chi connectivity index (χ0n) is 18.6. The van der Waals surface area contributed by atoms with Crippen LogP contribution in [0.5, 0.6) is 0 Å². The van der Waals surface area contributed by atoms with Crippen LogP contribution in [0.3, 0.4) is 0 Å². The van der Waals surface area contributed by atoms with Crippen molar-refractivity contribution in [2.45, 2.75) is 87.0 Å². The lowest BCUT2D eigenvalue weighted by Crippen LogP contribution is -2.25. The first-order valence-electron chi connectivity index (χ1n) is 9.50. The predicted octanol–water partition coefficient (Wildman–Crippen LogP) is 6.32. The third kappa shape index (κ3) is 25.6. The molecule has 2 unspecified atom stereocenters. The summed E-state index contributed by atoms with van der Waals surface area (Å²) in [6.07, 6.45) is 6.65. The molecule has 0 spiro atoms. The van der Waals surface area contributed by atoms with Crippen molar-refractivity contribution >= 4 is 28.4 Å². The highest BCUT2D eigenvalue weighted by Gasteiger charge is 2.15. The van der Waals surface area contributed by atoms with Gasteiger partial charge in [0.15, 0.2) is 0 Å². The SMILES string of the molecule is C=CC(C)C(Cl)/C=C(\C)S(=O)(=O)NCCC.C=O.CC.CC.CCCC. The Morgan fingerprint density at radius 3 is 1.69 bits per heavy atom. The lowest BCUT2D eigenvalue weighted by molar-refractivity contribution is -0.0979. The average Bonchev–Trinajstić information content (AvgIpc) is 2.70. The smallest absolute Gasteiger partial charge is 0.236 e. The summed E-state index contributed by atoms with van der Waals surface area (Å²) in [7, 11) is -3.37. The minimum absolute atomic E-state index is 0.0398. The zero-order chi connectivity index (χ0) is 22.2. The molecule has 0 aliphatic carbocycles. The first kappa shape index (κ1) is 36.3. The van der Waals surface area contributed by atoms with Gasteiger partial charge in [0.2, 0.25) is 10.0 Å². The van der Waals surface area contributed by atoms with Gasteiger partial charge in [0.25, 0.3) is 0 Å². The molecule has 1 N–H and O–H groups in total. The Hall–Kier alpha value is -0.650. The fourth-order valence-corrected chi connectivity index (χ4v) is 2.34. The summed E-state index contributed by atoms with van der Waals surface area (Å²) in [5.74, 6) is 0.0398. The summed E-state index contributed by atoms with van der Waals surface area (Å²) in [4.78, 5) is 8.26. The van der Waals surface area contributed by atoms with Crippen LogP contribution in [0.4, 0.5) is 0 Å². The molecule has 0 rings (SSSR count). The summed E-state index contributed by atoms with van der Waals surface area (Å²) in [6.45, 7) is 23.8. The predicted molar refractivity (Wildman–Crippen MR) is 120 cm³/mol. The van der Waals surface area contributed by atoms with Gasteiger partial charge in [-0.15, -0.1) is 18.2 Å². The molecule has 160 valence electrons. The van der Waals surface area contributed by atoms with Crippen LogP contribution in [-0.4, -0.2) is 27.1 Å². The molecule has 4 nitrogen and oxygen atoms in total. The van der Waals surface area contributed by atoms with Crippen LogP contribution in [-0.2, 0) is 14.8 Å². The first-order chi connectivity index (χ1) is 12.3. The van der Waals surface area contributed by atoms with Gasteiger partial charge >= 0.3 is 0 Å². The van der Waals surface area contributed by atoms with Crippen LogP contribution in [0.25, 0.3) is 0 Å². The van der Waals surface area contributed by atoms with Gasteiger partial charge in [0, 0.05) is 6.54 Å². The van der Waals surface area contributed by atoms with Crippen molar-refractivity contribution in [3.05, 3.63) is 23.6 Å². The number of hydrogen-bond acceptors (Lipinski definition) is 3. The van der Waals surface area contributed by atoms with E-state index in [1.807, 2.05) is 48.3 Å². The van der Waals surface area contributed by atoms with E-state index < -0.39 is 10.0 Å². The van der Waals surface area contributed by atoms with E-state index in [-0.39, 0.29) is 16.2 Å². The second kappa shape index (κ2) is 29.1. The van der Waals surface area contributed by atoms with E-state index in [1.54, 1.807) is 19.1 Å². The van der Waals surface area contributed by atoms with Gasteiger partial charge in [-0.1, -0.05) is 80.4 Å². The topological polar surface area (TPSA) is 63.2 Å². The highest BCUT2D eigenvalue weighted by atomic mass is 35.5. The molecular weight excluding hydrogens is 370 g/mol. The number of carbonyl (C=O) groups is 1. The normalized spacial score (nSPS) is 12.2. The zero-order valence-corrected chi connectivity index (χ0v) is 20.1. The van der Waals surface area contributed by atoms with Crippen molar-refractivity contribution in [1.29, 1.82) is 0 Å². The summed E-state index contributed by atoms with van der Waals surface area (Å²) >= 11 is 6.03. The van der Waals surface area contributed by atoms with E-state index in [1.165, 1.54) is 12.8 Å². The van der Waals surface area contributed by atoms with Gasteiger partial charge in [-0.2, -0.15) is 0 Å². The van der Waals surface area contributed by atoms with Crippen LogP contribution in [0, 0.1) is 5.92 Å². The van der Waals surface area contributed by atoms with Crippen LogP contribution in [0.2, 0.25) is 0 Å². The number of halogens is 1. The Bertz CT molecular complexity index is 394. The Labute approximate surface area is 169 Å². The lowest BCUT2D eigenvalue weighted by Gasteiger charge is -2.12. The quantitative estimate of drug-likeness (QED) is 0.373. The van der Waals surface area contributed by atoms with Gasteiger partial charge in [0.05, 0.1) is 10.3 Å². The molecule has 0 aromatic rings. The van der Waals surface area contributed by atoms with E-state index in [0.29, 0.717) is 6.54 Å². The summed E-state index contributed by atoms with van der Waals surface area (Å²) in [5, 5.41) is -0.351. The second-order valence-corrected chi connectivity index (χ2v) is 7.16. The number of hydrogen-bond donors (Lipinski definition) is 1. The summed E-state index contributed by atoms with van der Waals surface area (Å²) in [6, 6.07) is 0. The van der Waals surface area contributed by atoms with E-state index in [0.717, 1.165) is 6.42 Å². The van der Waals surface area contributed by atoms with Crippen molar-refractivity contribution in [3.63, 3.8) is 0 Å². The second-order valence-electron chi connectivity index (χ2n) is 4.71. The van der Waals surface area contributed by atoms with Gasteiger partial charge in [0.1, 0.15) is 6.79 Å². The maximum Gasteiger partial charge on any atom is 0.236 e. The fourth-order valence-electron chi connectivity index (χ4n) is 0.946. The molecule has 6 heteroatoms. The Kier molecular flexibility index (Phi) is 40.7. The van der Waals surface area contributed by atoms with Gasteiger partial charge in [-0.3, -0.25) is 0 Å². The number of rotatable bonds is 8. The fraction of sp³-hybridized carbons (Fsp3) is 0.750. The van der Waals surface area contributed by atoms with Crippen LogP contribution >= 0.6 is 11.6 Å². The Balaban J connectivity index is -0.000000123. The monoisotopic (exact) mass is 413 g/mol. The van der Waals surface area contributed by atoms with Crippen molar-refractivity contribution in [3.8, 4) is 0 Å². The largest absolute Gasteiger partial charge is 0.307 e. The van der Waals surface area contributed by atoms with Gasteiger partial charge < -0.3 is 4.79 Å². The minimum atomic E-state index is -3.37. The molecule has 0 aliphatic rings. The maximum atomic E-state index is 11.7. The molecule has 26 heavy (non-hydrogen) atoms. The number of nitrogens with one attached hydrogen (secondary N) is 1. The first-order valence-corrected chi connectivity index (χ1v) is 11.4. The Morgan fingerprint density at radius 1 is 1.04 bits per heavy atom. The molecule has 0 aromatic carbocycles. The summed E-state index contributed by atoms with van der Waals surface area (Å²) in [5.41, 5.74) is 0. The van der Waals surface area contributed by atoms with E-state index in [2.05, 4.69) is 25.1 Å². The third-order valence-corrected chi connectivity index (χ3v) is 4.83. The van der Waals surface area contributed by atoms with Crippen LogP contribution in [0.1, 0.15) is 81.6 Å². The van der Waals surface area contributed by atoms with Gasteiger partial charge in [-0.25, -0.2) is 13.1 Å². The molecule has 0 heterocycles. The molecule has 0 saturated heterocycles. The number of sulfonamides is 1. The molecule has 2 atom stereocenters. The van der Waals surface area contributed by atoms with E-state index in [4.69, 9.17) is 16.4 Å². The number of carbonyl (C=O) groups excluding carboxylic acids is 1. The minimum Gasteiger partial charge on any atom is -0.307 e. The van der Waals surface area contributed by atoms with E-state index in [9.17, 15) is 8.42 Å². The van der Waals surface area contributed by atoms with Gasteiger partial charge in [-0.05, 0) is 19.3 Å². The third-order valence-electron chi connectivity index (χ3n) is 2.73. The number of alkyl halides is 1. The molecular formula is C20H44ClNO3S. The summed E-state index contributed by atoms with van der Waals surface area (Å²) < 4.78 is 25.8. The van der Waals surface area contributed by atoms with Crippen molar-refractivity contribution < 1.29 is 13.2 Å². The number of unbranched alkanes of at least 4 members (excludes halogenated alkanes) is 1. The van der Waals surface area contributed by atoms with Crippen molar-refractivity contribution in [1.82, 2.24) is 4.72 Å². The van der Waals surface area contributed by atoms with Crippen LogP contribution in [0.15, 0.2) is 23.6 Å². The van der Waals surface area contributed by atoms with Crippen molar-refractivity contribution in [2.75, 3.05) is 6.54 Å². The highest BCUT2D eigenvalue weighted by molar-refractivity contribution is 7.93. The van der Waals surface area contributed by atoms with Crippen molar-refractivity contribution in [2.24, 2.45) is 5.92 Å². The van der Waals surface area contributed by atoms with Crippen LogP contribution < -0.4 is 4.72 Å².